The molecule has 1 aromatic rings. The molecular weight excluding hydrogens is 294 g/mol. The van der Waals surface area contributed by atoms with Gasteiger partial charge in [-0.05, 0) is 49.7 Å². The molecule has 0 saturated heterocycles. The number of thiophene rings is 1. The monoisotopic (exact) mass is 317 g/mol. The number of aryl methyl sites for hydroxylation is 1. The molecule has 0 amide bonds. The summed E-state index contributed by atoms with van der Waals surface area (Å²) in [7, 11) is -3.46. The molecule has 1 fully saturated rings. The van der Waals surface area contributed by atoms with E-state index in [1.807, 2.05) is 6.92 Å². The molecule has 1 aliphatic carbocycles. The highest BCUT2D eigenvalue weighted by Gasteiger charge is 2.29. The van der Waals surface area contributed by atoms with E-state index >= 15 is 0 Å². The lowest BCUT2D eigenvalue weighted by molar-refractivity contribution is 0.242. The zero-order valence-corrected chi connectivity index (χ0v) is 13.9. The van der Waals surface area contributed by atoms with Crippen LogP contribution in [-0.4, -0.2) is 19.6 Å². The zero-order chi connectivity index (χ0) is 14.9. The topological polar surface area (TPSA) is 66.4 Å². The minimum Gasteiger partial charge on any atom is -0.391 e. The van der Waals surface area contributed by atoms with Gasteiger partial charge in [0.2, 0.25) is 10.0 Å². The molecule has 0 aromatic carbocycles. The van der Waals surface area contributed by atoms with Crippen molar-refractivity contribution in [2.24, 2.45) is 11.8 Å². The normalized spacial score (nSPS) is 27.7. The van der Waals surface area contributed by atoms with Crippen molar-refractivity contribution in [2.75, 3.05) is 0 Å². The van der Waals surface area contributed by atoms with Gasteiger partial charge in [0.15, 0.2) is 0 Å². The zero-order valence-electron chi connectivity index (χ0n) is 12.2. The molecule has 0 spiro atoms. The third-order valence-electron chi connectivity index (χ3n) is 4.33. The number of aliphatic hydroxyl groups is 1. The van der Waals surface area contributed by atoms with Crippen LogP contribution in [0.3, 0.4) is 0 Å². The predicted molar refractivity (Wildman–Crippen MR) is 81.3 cm³/mol. The number of rotatable bonds is 4. The van der Waals surface area contributed by atoms with Gasteiger partial charge in [-0.15, -0.1) is 11.3 Å². The smallest absolute Gasteiger partial charge is 0.250 e. The maximum Gasteiger partial charge on any atom is 0.250 e. The highest BCUT2D eigenvalue weighted by Crippen LogP contribution is 2.31. The number of aliphatic hydroxyl groups excluding tert-OH is 1. The minimum atomic E-state index is -3.46. The van der Waals surface area contributed by atoms with Gasteiger partial charge in [0.05, 0.1) is 6.61 Å². The van der Waals surface area contributed by atoms with E-state index < -0.39 is 10.0 Å². The highest BCUT2D eigenvalue weighted by atomic mass is 32.2. The fourth-order valence-corrected chi connectivity index (χ4v) is 5.46. The largest absolute Gasteiger partial charge is 0.391 e. The molecule has 1 aliphatic rings. The van der Waals surface area contributed by atoms with Crippen LogP contribution in [0, 0.1) is 18.8 Å². The Morgan fingerprint density at radius 3 is 2.60 bits per heavy atom. The third kappa shape index (κ3) is 3.42. The third-order valence-corrected chi connectivity index (χ3v) is 7.54. The summed E-state index contributed by atoms with van der Waals surface area (Å²) < 4.78 is 27.9. The van der Waals surface area contributed by atoms with E-state index in [9.17, 15) is 13.5 Å². The van der Waals surface area contributed by atoms with Gasteiger partial charge in [-0.3, -0.25) is 0 Å². The summed E-state index contributed by atoms with van der Waals surface area (Å²) in [6.45, 7) is 6.13. The molecule has 1 saturated carbocycles. The maximum atomic E-state index is 12.4. The standard InChI is InChI=1S/C14H23NO3S2/c1-9-4-5-12(6-10(9)2)15-20(17,18)14-7-11(3)13(8-16)19-14/h7,9-10,12,15-16H,4-6,8H2,1-3H3. The van der Waals surface area contributed by atoms with Gasteiger partial charge in [0, 0.05) is 10.9 Å². The molecule has 0 radical (unpaired) electrons. The number of nitrogens with one attached hydrogen (secondary N) is 1. The number of hydrogen-bond acceptors (Lipinski definition) is 4. The van der Waals surface area contributed by atoms with E-state index in [-0.39, 0.29) is 12.6 Å². The van der Waals surface area contributed by atoms with Crippen LogP contribution in [0.5, 0.6) is 0 Å². The van der Waals surface area contributed by atoms with Gasteiger partial charge in [0.25, 0.3) is 0 Å². The summed E-state index contributed by atoms with van der Waals surface area (Å²) in [5.74, 6) is 1.22. The first-order chi connectivity index (χ1) is 9.33. The van der Waals surface area contributed by atoms with Crippen LogP contribution in [0.4, 0.5) is 0 Å². The van der Waals surface area contributed by atoms with Crippen molar-refractivity contribution < 1.29 is 13.5 Å². The van der Waals surface area contributed by atoms with Crippen molar-refractivity contribution in [1.29, 1.82) is 0 Å². The molecule has 6 heteroatoms. The summed E-state index contributed by atoms with van der Waals surface area (Å²) in [6, 6.07) is 1.68. The predicted octanol–water partition coefficient (Wildman–Crippen LogP) is 2.65. The summed E-state index contributed by atoms with van der Waals surface area (Å²) in [5, 5.41) is 9.18. The Labute approximate surface area is 125 Å². The Balaban J connectivity index is 2.11. The Morgan fingerprint density at radius 2 is 2.05 bits per heavy atom. The van der Waals surface area contributed by atoms with Crippen LogP contribution in [0.25, 0.3) is 0 Å². The minimum absolute atomic E-state index is 0.0335. The molecule has 3 atom stereocenters. The fourth-order valence-electron chi connectivity index (χ4n) is 2.71. The molecule has 1 heterocycles. The summed E-state index contributed by atoms with van der Waals surface area (Å²) >= 11 is 1.16. The van der Waals surface area contributed by atoms with E-state index in [0.29, 0.717) is 16.0 Å². The van der Waals surface area contributed by atoms with Gasteiger partial charge in [-0.2, -0.15) is 0 Å². The van der Waals surface area contributed by atoms with Crippen molar-refractivity contribution in [3.63, 3.8) is 0 Å². The van der Waals surface area contributed by atoms with E-state index in [2.05, 4.69) is 18.6 Å². The molecular formula is C14H23NO3S2. The van der Waals surface area contributed by atoms with Gasteiger partial charge in [0.1, 0.15) is 4.21 Å². The maximum absolute atomic E-state index is 12.4. The van der Waals surface area contributed by atoms with Crippen molar-refractivity contribution in [3.8, 4) is 0 Å². The van der Waals surface area contributed by atoms with Crippen LogP contribution in [-0.2, 0) is 16.6 Å². The first-order valence-corrected chi connectivity index (χ1v) is 9.36. The Kier molecular flexibility index (Phi) is 4.89. The van der Waals surface area contributed by atoms with Gasteiger partial charge in [-0.1, -0.05) is 13.8 Å². The summed E-state index contributed by atoms with van der Waals surface area (Å²) in [5.41, 5.74) is 0.837. The van der Waals surface area contributed by atoms with Crippen LogP contribution in [0.2, 0.25) is 0 Å². The highest BCUT2D eigenvalue weighted by molar-refractivity contribution is 7.91. The van der Waals surface area contributed by atoms with E-state index in [0.717, 1.165) is 41.0 Å². The molecule has 1 aromatic heterocycles. The lowest BCUT2D eigenvalue weighted by Gasteiger charge is -2.32. The van der Waals surface area contributed by atoms with Crippen molar-refractivity contribution in [2.45, 2.75) is 56.9 Å². The van der Waals surface area contributed by atoms with Crippen LogP contribution in [0.15, 0.2) is 10.3 Å². The molecule has 2 N–H and O–H groups in total. The molecule has 0 aliphatic heterocycles. The quantitative estimate of drug-likeness (QED) is 0.897. The van der Waals surface area contributed by atoms with E-state index in [4.69, 9.17) is 0 Å². The first-order valence-electron chi connectivity index (χ1n) is 7.06. The summed E-state index contributed by atoms with van der Waals surface area (Å²) in [6.07, 6.45) is 2.87. The molecule has 114 valence electrons. The lowest BCUT2D eigenvalue weighted by atomic mass is 9.79. The van der Waals surface area contributed by atoms with Gasteiger partial charge in [-0.25, -0.2) is 13.1 Å². The van der Waals surface area contributed by atoms with Gasteiger partial charge < -0.3 is 5.11 Å². The molecule has 3 unspecified atom stereocenters. The molecule has 0 bridgehead atoms. The van der Waals surface area contributed by atoms with Crippen LogP contribution in [0.1, 0.15) is 43.6 Å². The Morgan fingerprint density at radius 1 is 1.35 bits per heavy atom. The number of sulfonamides is 1. The Bertz CT molecular complexity index is 565. The summed E-state index contributed by atoms with van der Waals surface area (Å²) in [4.78, 5) is 0.719. The first kappa shape index (κ1) is 15.9. The molecule has 2 rings (SSSR count). The van der Waals surface area contributed by atoms with Gasteiger partial charge >= 0.3 is 0 Å². The molecule has 4 nitrogen and oxygen atoms in total. The van der Waals surface area contributed by atoms with E-state index in [1.165, 1.54) is 0 Å². The van der Waals surface area contributed by atoms with E-state index in [1.54, 1.807) is 6.07 Å². The second-order valence-corrected chi connectivity index (χ2v) is 8.99. The molecule has 20 heavy (non-hydrogen) atoms. The lowest BCUT2D eigenvalue weighted by Crippen LogP contribution is -2.39. The second kappa shape index (κ2) is 6.13. The average molecular weight is 317 g/mol. The van der Waals surface area contributed by atoms with Crippen LogP contribution < -0.4 is 4.72 Å². The SMILES string of the molecule is Cc1cc(S(=O)(=O)NC2CCC(C)C(C)C2)sc1CO. The average Bonchev–Trinajstić information content (AvgIpc) is 2.76. The number of hydrogen-bond donors (Lipinski definition) is 2. The van der Waals surface area contributed by atoms with Crippen molar-refractivity contribution in [1.82, 2.24) is 4.72 Å². The van der Waals surface area contributed by atoms with Crippen molar-refractivity contribution >= 4 is 21.4 Å². The van der Waals surface area contributed by atoms with Crippen molar-refractivity contribution in [3.05, 3.63) is 16.5 Å². The van der Waals surface area contributed by atoms with Crippen LogP contribution >= 0.6 is 11.3 Å². The fraction of sp³-hybridized carbons (Fsp3) is 0.714. The second-order valence-electron chi connectivity index (χ2n) is 5.92. The Hall–Kier alpha value is -0.430.